The van der Waals surface area contributed by atoms with E-state index >= 15 is 0 Å². The molecule has 0 unspecified atom stereocenters. The van der Waals surface area contributed by atoms with Crippen molar-refractivity contribution in [3.05, 3.63) is 0 Å². The van der Waals surface area contributed by atoms with Crippen LogP contribution in [0.4, 0.5) is 0 Å². The summed E-state index contributed by atoms with van der Waals surface area (Å²) < 4.78 is 23.7. The zero-order chi connectivity index (χ0) is 74.9. The van der Waals surface area contributed by atoms with Crippen LogP contribution in [0.3, 0.4) is 0 Å². The van der Waals surface area contributed by atoms with Crippen molar-refractivity contribution >= 4 is 58.2 Å². The van der Waals surface area contributed by atoms with Gasteiger partial charge in [0.25, 0.3) is 0 Å². The molecule has 0 aromatic heterocycles. The molecule has 0 radical (unpaired) electrons. The molecule has 0 saturated carbocycles. The average molecular weight is 1290 g/mol. The molecule has 0 aromatic rings. The van der Waals surface area contributed by atoms with Gasteiger partial charge in [0.15, 0.2) is 11.6 Å². The Hall–Kier alpha value is -3.82. The van der Waals surface area contributed by atoms with Crippen molar-refractivity contribution in [3.8, 4) is 0 Å². The molecule has 15 heteroatoms. The van der Waals surface area contributed by atoms with Gasteiger partial charge in [-0.25, -0.2) is 0 Å². The lowest BCUT2D eigenvalue weighted by molar-refractivity contribution is -0.152. The highest BCUT2D eigenvalue weighted by Gasteiger charge is 2.26. The molecule has 0 aromatic carbocycles. The lowest BCUT2D eigenvalue weighted by Crippen LogP contribution is -2.24. The maximum Gasteiger partial charge on any atom is 0.311 e. The molecular weight excluding hydrogens is 1140 g/mol. The van der Waals surface area contributed by atoms with Gasteiger partial charge in [0.2, 0.25) is 0 Å². The Bertz CT molecular complexity index is 1670. The molecule has 90 heavy (non-hydrogen) atoms. The van der Waals surface area contributed by atoms with Gasteiger partial charge >= 0.3 is 11.9 Å². The highest BCUT2D eigenvalue weighted by molar-refractivity contribution is 5.87. The van der Waals surface area contributed by atoms with Crippen molar-refractivity contribution in [2.24, 2.45) is 54.1 Å². The minimum absolute atomic E-state index is 0.129. The number of hydrogen-bond acceptors (Lipinski definition) is 15. The van der Waals surface area contributed by atoms with Gasteiger partial charge in [-0.1, -0.05) is 207 Å². The predicted octanol–water partition coefficient (Wildman–Crippen LogP) is 18.9. The topological polar surface area (TPSA) is 217 Å². The summed E-state index contributed by atoms with van der Waals surface area (Å²) in [6.45, 7) is 73.2. The molecule has 0 rings (SSSR count). The fraction of sp³-hybridized carbons (Fsp3) is 0.867. The second kappa shape index (κ2) is 53.5. The van der Waals surface area contributed by atoms with E-state index in [9.17, 15) is 47.9 Å². The normalized spacial score (nSPS) is 11.5. The summed E-state index contributed by atoms with van der Waals surface area (Å²) in [6.07, 6.45) is 8.13. The number of methoxy groups -OCH3 is 3. The Morgan fingerprint density at radius 1 is 0.267 bits per heavy atom. The standard InChI is InChI=1S/C9H18O.2C8H16O2.2C8H16O.2C7H14O2.2C7H14O.C6H12O2/c1-5-6-7-8(10)9(2,3)4;1-8(2,3)7(9)5-6-10-4;1-5-10-6-7(9)8(2,3)4;2*1-5-6-7(9)8(2,3)4;1-7(2,3)6(8)5-9-4;1-5-9-6(8)7(2,3)4;2*1-5-6(8)7(2,3)4;1-6(2,3)5(7)8-4/h5-7H2,1-4H3;2*5-6H2,1-4H3;2*5-6H2,1-4H3;2*5H2,1-4H3;2*5H2,1-4H3;1-4H3. The number of hydrogen-bond donors (Lipinski definition) is 0. The van der Waals surface area contributed by atoms with E-state index < -0.39 is 0 Å². The first kappa shape index (κ1) is 108. The number of ketones is 8. The summed E-state index contributed by atoms with van der Waals surface area (Å²) >= 11 is 0. The van der Waals surface area contributed by atoms with Crippen LogP contribution in [0.1, 0.15) is 320 Å². The smallest absolute Gasteiger partial charge is 0.311 e. The summed E-state index contributed by atoms with van der Waals surface area (Å²) in [5.74, 6) is 2.04. The predicted molar refractivity (Wildman–Crippen MR) is 378 cm³/mol. The van der Waals surface area contributed by atoms with E-state index in [4.69, 9.17) is 14.2 Å². The summed E-state index contributed by atoms with van der Waals surface area (Å²) in [5.41, 5.74) is -2.07. The quantitative estimate of drug-likeness (QED) is 0.117. The monoisotopic (exact) mass is 1290 g/mol. The fourth-order valence-corrected chi connectivity index (χ4v) is 4.96. The van der Waals surface area contributed by atoms with Crippen LogP contribution in [-0.2, 0) is 71.6 Å². The molecule has 0 atom stereocenters. The fourth-order valence-electron chi connectivity index (χ4n) is 4.96. The average Bonchev–Trinajstić information content (AvgIpc) is 3.42. The first-order valence-electron chi connectivity index (χ1n) is 32.9. The van der Waals surface area contributed by atoms with Crippen molar-refractivity contribution in [1.82, 2.24) is 0 Å². The Morgan fingerprint density at radius 3 is 0.667 bits per heavy atom. The number of Topliss-reactive ketones (excluding diaryl/α,β-unsaturated/α-hetero) is 8. The van der Waals surface area contributed by atoms with E-state index in [1.807, 2.05) is 249 Å². The third kappa shape index (κ3) is 78.4. The van der Waals surface area contributed by atoms with E-state index in [-0.39, 0.29) is 96.7 Å². The number of unbranched alkanes of at least 4 members (excludes halogenated alkanes) is 1. The van der Waals surface area contributed by atoms with E-state index in [0.29, 0.717) is 68.0 Å². The van der Waals surface area contributed by atoms with Crippen LogP contribution in [0.5, 0.6) is 0 Å². The molecular formula is C75H150O15. The minimum Gasteiger partial charge on any atom is -0.469 e. The molecule has 0 heterocycles. The lowest BCUT2D eigenvalue weighted by Gasteiger charge is -2.15. The van der Waals surface area contributed by atoms with Gasteiger partial charge in [0, 0.05) is 103 Å². The molecule has 0 saturated heterocycles. The minimum atomic E-state index is -0.352. The first-order chi connectivity index (χ1) is 39.8. The lowest BCUT2D eigenvalue weighted by atomic mass is 9.88. The zero-order valence-electron chi connectivity index (χ0n) is 66.7. The SMILES string of the molecule is CCC(=O)C(C)(C)C.CCC(=O)C(C)(C)C.CCCC(=O)C(C)(C)C.CCCC(=O)C(C)(C)C.CCCCC(=O)C(C)(C)C.CCOC(=O)C(C)(C)C.CCOCC(=O)C(C)(C)C.COC(=O)C(C)(C)C.COCC(=O)C(C)(C)C.COCCC(=O)C(C)(C)C. The highest BCUT2D eigenvalue weighted by Crippen LogP contribution is 2.22. The Kier molecular flexibility index (Phi) is 64.1. The van der Waals surface area contributed by atoms with E-state index in [0.717, 1.165) is 44.9 Å². The van der Waals surface area contributed by atoms with Crippen LogP contribution in [-0.4, -0.2) is 113 Å². The van der Waals surface area contributed by atoms with Crippen LogP contribution in [0.25, 0.3) is 0 Å². The maximum atomic E-state index is 11.2. The summed E-state index contributed by atoms with van der Waals surface area (Å²) in [7, 11) is 4.53. The third-order valence-electron chi connectivity index (χ3n) is 12.0. The molecule has 0 bridgehead atoms. The van der Waals surface area contributed by atoms with Crippen molar-refractivity contribution in [2.45, 2.75) is 320 Å². The zero-order valence-corrected chi connectivity index (χ0v) is 66.7. The Labute approximate surface area is 556 Å². The second-order valence-corrected chi connectivity index (χ2v) is 32.2. The van der Waals surface area contributed by atoms with Gasteiger partial charge < -0.3 is 23.7 Å². The largest absolute Gasteiger partial charge is 0.469 e. The molecule has 540 valence electrons. The van der Waals surface area contributed by atoms with Gasteiger partial charge in [0.1, 0.15) is 47.9 Å². The second-order valence-electron chi connectivity index (χ2n) is 32.2. The number of esters is 2. The van der Waals surface area contributed by atoms with Gasteiger partial charge in [-0.15, -0.1) is 0 Å². The Morgan fingerprint density at radius 2 is 0.533 bits per heavy atom. The van der Waals surface area contributed by atoms with Gasteiger partial charge in [-0.3, -0.25) is 47.9 Å². The van der Waals surface area contributed by atoms with E-state index in [1.165, 1.54) is 14.2 Å². The van der Waals surface area contributed by atoms with Crippen molar-refractivity contribution in [2.75, 3.05) is 54.4 Å². The van der Waals surface area contributed by atoms with Crippen LogP contribution in [0, 0.1) is 54.1 Å². The molecule has 0 aliphatic carbocycles. The molecule has 0 aliphatic rings. The molecule has 0 spiro atoms. The third-order valence-corrected chi connectivity index (χ3v) is 12.0. The van der Waals surface area contributed by atoms with Crippen molar-refractivity contribution < 1.29 is 71.6 Å². The van der Waals surface area contributed by atoms with E-state index in [2.05, 4.69) is 16.4 Å². The number of carbonyl (C=O) groups excluding carboxylic acids is 10. The van der Waals surface area contributed by atoms with Gasteiger partial charge in [-0.05, 0) is 74.7 Å². The maximum absolute atomic E-state index is 11.2. The van der Waals surface area contributed by atoms with Gasteiger partial charge in [0.05, 0.1) is 31.2 Å². The van der Waals surface area contributed by atoms with Crippen LogP contribution < -0.4 is 0 Å². The van der Waals surface area contributed by atoms with Crippen LogP contribution in [0.15, 0.2) is 0 Å². The number of rotatable bonds is 18. The molecule has 0 amide bonds. The van der Waals surface area contributed by atoms with Crippen LogP contribution >= 0.6 is 0 Å². The van der Waals surface area contributed by atoms with Crippen molar-refractivity contribution in [3.63, 3.8) is 0 Å². The molecule has 0 aliphatic heterocycles. The van der Waals surface area contributed by atoms with Crippen LogP contribution in [0.2, 0.25) is 0 Å². The molecule has 0 fully saturated rings. The Balaban J connectivity index is -0.0000000989. The number of carbonyl (C=O) groups is 10. The molecule has 15 nitrogen and oxygen atoms in total. The summed E-state index contributed by atoms with van der Waals surface area (Å²) in [4.78, 5) is 110. The summed E-state index contributed by atoms with van der Waals surface area (Å²) in [5, 5.41) is 0. The van der Waals surface area contributed by atoms with Gasteiger partial charge in [-0.2, -0.15) is 0 Å². The highest BCUT2D eigenvalue weighted by atomic mass is 16.5. The number of ether oxygens (including phenoxy) is 5. The molecule has 0 N–H and O–H groups in total. The van der Waals surface area contributed by atoms with E-state index in [1.54, 1.807) is 7.11 Å². The van der Waals surface area contributed by atoms with Crippen molar-refractivity contribution in [1.29, 1.82) is 0 Å². The first-order valence-corrected chi connectivity index (χ1v) is 32.9. The summed E-state index contributed by atoms with van der Waals surface area (Å²) in [6, 6.07) is 0.